The van der Waals surface area contributed by atoms with Crippen LogP contribution in [0.5, 0.6) is 5.88 Å². The lowest BCUT2D eigenvalue weighted by Crippen LogP contribution is -2.35. The van der Waals surface area contributed by atoms with E-state index >= 15 is 0 Å². The lowest BCUT2D eigenvalue weighted by atomic mass is 9.89. The number of nitrogens with zero attached hydrogens (tertiary/aromatic N) is 2. The van der Waals surface area contributed by atoms with Crippen LogP contribution >= 0.6 is 0 Å². The van der Waals surface area contributed by atoms with Gasteiger partial charge in [0.1, 0.15) is 12.2 Å². The second kappa shape index (κ2) is 11.7. The molecule has 9 heteroatoms. The number of aromatic nitrogens is 2. The van der Waals surface area contributed by atoms with Crippen molar-refractivity contribution in [3.63, 3.8) is 0 Å². The Morgan fingerprint density at radius 2 is 1.63 bits per heavy atom. The first kappa shape index (κ1) is 31.6. The maximum Gasteiger partial charge on any atom is 0.351 e. The van der Waals surface area contributed by atoms with E-state index in [1.54, 1.807) is 12.3 Å². The first-order chi connectivity index (χ1) is 19.0. The van der Waals surface area contributed by atoms with Gasteiger partial charge in [-0.1, -0.05) is 59.8 Å². The van der Waals surface area contributed by atoms with Gasteiger partial charge in [0.2, 0.25) is 17.0 Å². The second-order valence-corrected chi connectivity index (χ2v) is 14.5. The van der Waals surface area contributed by atoms with E-state index in [0.29, 0.717) is 17.4 Å². The highest BCUT2D eigenvalue weighted by atomic mass is 32.2. The van der Waals surface area contributed by atoms with Crippen molar-refractivity contribution in [3.05, 3.63) is 63.2 Å². The Kier molecular flexibility index (Phi) is 9.05. The summed E-state index contributed by atoms with van der Waals surface area (Å²) in [6, 6.07) is 5.40. The standard InChI is InChI=1S/C32H46N2O6S/c1-18(2)21-14-23(19(3)4)29(24(15-21)20(5)6)41(36)40-26-12-13-34(30(35)33-26)25-16-22(17-37-31(7,8)9)27-28(25)39-32(10,11)38-27/h12-16,18-20,25,27-28H,17H2,1-11H3/t25?,27-,28+,41?/m0/s1. The highest BCUT2D eigenvalue weighted by molar-refractivity contribution is 7.80. The van der Waals surface area contributed by atoms with Crippen LogP contribution in [-0.2, 0) is 25.3 Å². The van der Waals surface area contributed by atoms with Crippen LogP contribution in [0.2, 0.25) is 0 Å². The van der Waals surface area contributed by atoms with Crippen LogP contribution in [0.3, 0.4) is 0 Å². The molecule has 226 valence electrons. The molecule has 0 bridgehead atoms. The summed E-state index contributed by atoms with van der Waals surface area (Å²) in [5.74, 6) is -0.149. The summed E-state index contributed by atoms with van der Waals surface area (Å²) >= 11 is -1.85. The number of rotatable bonds is 9. The lowest BCUT2D eigenvalue weighted by molar-refractivity contribution is -0.148. The predicted molar refractivity (Wildman–Crippen MR) is 161 cm³/mol. The summed E-state index contributed by atoms with van der Waals surface area (Å²) in [5, 5.41) is 0. The van der Waals surface area contributed by atoms with Gasteiger partial charge in [-0.05, 0) is 74.6 Å². The Hall–Kier alpha value is -2.33. The average molecular weight is 587 g/mol. The minimum absolute atomic E-state index is 0.0145. The van der Waals surface area contributed by atoms with E-state index in [-0.39, 0.29) is 29.4 Å². The maximum atomic E-state index is 13.7. The molecule has 0 N–H and O–H groups in total. The smallest absolute Gasteiger partial charge is 0.351 e. The van der Waals surface area contributed by atoms with Crippen LogP contribution in [0.1, 0.15) is 117 Å². The molecule has 1 aromatic heterocycles. The van der Waals surface area contributed by atoms with Crippen molar-refractivity contribution >= 4 is 11.1 Å². The van der Waals surface area contributed by atoms with Crippen molar-refractivity contribution in [2.45, 2.75) is 128 Å². The lowest BCUT2D eigenvalue weighted by Gasteiger charge is -2.23. The van der Waals surface area contributed by atoms with Crippen LogP contribution in [0.15, 0.2) is 45.7 Å². The van der Waals surface area contributed by atoms with Crippen molar-refractivity contribution in [2.75, 3.05) is 6.61 Å². The molecule has 2 unspecified atom stereocenters. The fourth-order valence-corrected chi connectivity index (χ4v) is 6.58. The zero-order valence-electron chi connectivity index (χ0n) is 26.3. The quantitative estimate of drug-likeness (QED) is 0.309. The Balaban J connectivity index is 1.64. The summed E-state index contributed by atoms with van der Waals surface area (Å²) in [6.45, 7) is 22.7. The first-order valence-electron chi connectivity index (χ1n) is 14.5. The SMILES string of the molecule is CC(C)c1cc(C(C)C)c(S(=O)Oc2ccn(C3C=C(COC(C)(C)C)[C@@H]4OC(C)(C)O[C@H]34)c(=O)n2)c(C(C)C)c1. The van der Waals surface area contributed by atoms with E-state index < -0.39 is 34.7 Å². The molecule has 1 aliphatic carbocycles. The number of fused-ring (bicyclic) bond motifs is 1. The van der Waals surface area contributed by atoms with Gasteiger partial charge in [-0.15, -0.1) is 0 Å². The molecule has 1 aliphatic heterocycles. The Morgan fingerprint density at radius 3 is 2.15 bits per heavy atom. The van der Waals surface area contributed by atoms with E-state index in [4.69, 9.17) is 18.4 Å². The first-order valence-corrected chi connectivity index (χ1v) is 15.6. The molecule has 1 aromatic carbocycles. The third-order valence-electron chi connectivity index (χ3n) is 7.42. The molecule has 0 spiro atoms. The van der Waals surface area contributed by atoms with E-state index in [2.05, 4.69) is 58.7 Å². The normalized spacial score (nSPS) is 22.9. The van der Waals surface area contributed by atoms with Gasteiger partial charge in [-0.25, -0.2) is 9.00 Å². The van der Waals surface area contributed by atoms with Crippen molar-refractivity contribution in [1.29, 1.82) is 0 Å². The molecule has 4 rings (SSSR count). The second-order valence-electron chi connectivity index (χ2n) is 13.4. The third-order valence-corrected chi connectivity index (χ3v) is 8.55. The van der Waals surface area contributed by atoms with Crippen LogP contribution in [0.4, 0.5) is 0 Å². The van der Waals surface area contributed by atoms with Gasteiger partial charge in [0.25, 0.3) is 0 Å². The zero-order chi connectivity index (χ0) is 30.4. The van der Waals surface area contributed by atoms with Gasteiger partial charge in [0, 0.05) is 12.3 Å². The fraction of sp³-hybridized carbons (Fsp3) is 0.625. The van der Waals surface area contributed by atoms with E-state index in [0.717, 1.165) is 16.7 Å². The maximum absolute atomic E-state index is 13.7. The number of ether oxygens (including phenoxy) is 3. The average Bonchev–Trinajstić information content (AvgIpc) is 3.34. The highest BCUT2D eigenvalue weighted by Gasteiger charge is 2.51. The van der Waals surface area contributed by atoms with Crippen molar-refractivity contribution in [1.82, 2.24) is 9.55 Å². The predicted octanol–water partition coefficient (Wildman–Crippen LogP) is 6.53. The molecule has 1 fully saturated rings. The van der Waals surface area contributed by atoms with Crippen LogP contribution in [0, 0.1) is 0 Å². The molecule has 2 aliphatic rings. The van der Waals surface area contributed by atoms with Crippen LogP contribution in [0.25, 0.3) is 0 Å². The van der Waals surface area contributed by atoms with Crippen molar-refractivity contribution in [2.24, 2.45) is 0 Å². The molecule has 1 saturated heterocycles. The summed E-state index contributed by atoms with van der Waals surface area (Å²) in [6.07, 6.45) is 2.87. The highest BCUT2D eigenvalue weighted by Crippen LogP contribution is 2.43. The van der Waals surface area contributed by atoms with Crippen LogP contribution in [-0.4, -0.2) is 44.0 Å². The van der Waals surface area contributed by atoms with E-state index in [1.165, 1.54) is 10.1 Å². The summed E-state index contributed by atoms with van der Waals surface area (Å²) in [5.41, 5.74) is 3.26. The molecule has 41 heavy (non-hydrogen) atoms. The molecular weight excluding hydrogens is 540 g/mol. The van der Waals surface area contributed by atoms with Crippen molar-refractivity contribution < 1.29 is 22.6 Å². The third kappa shape index (κ3) is 7.01. The molecule has 0 radical (unpaired) electrons. The zero-order valence-corrected chi connectivity index (χ0v) is 27.1. The monoisotopic (exact) mass is 586 g/mol. The van der Waals surface area contributed by atoms with Gasteiger partial charge in [0.05, 0.1) is 23.1 Å². The molecular formula is C32H46N2O6S. The number of benzene rings is 1. The molecule has 0 saturated carbocycles. The van der Waals surface area contributed by atoms with Gasteiger partial charge in [0.15, 0.2) is 5.79 Å². The minimum Gasteiger partial charge on any atom is -0.376 e. The summed E-state index contributed by atoms with van der Waals surface area (Å²) in [7, 11) is 0. The topological polar surface area (TPSA) is 88.9 Å². The summed E-state index contributed by atoms with van der Waals surface area (Å²) in [4.78, 5) is 18.1. The molecule has 0 amide bonds. The van der Waals surface area contributed by atoms with Crippen LogP contribution < -0.4 is 9.87 Å². The van der Waals surface area contributed by atoms with Gasteiger partial charge in [-0.2, -0.15) is 4.98 Å². The van der Waals surface area contributed by atoms with Gasteiger partial charge in [-0.3, -0.25) is 4.57 Å². The molecule has 2 heterocycles. The molecule has 4 atom stereocenters. The fourth-order valence-electron chi connectivity index (χ4n) is 5.27. The van der Waals surface area contributed by atoms with Gasteiger partial charge >= 0.3 is 5.69 Å². The summed E-state index contributed by atoms with van der Waals surface area (Å²) < 4.78 is 39.5. The number of hydrogen-bond donors (Lipinski definition) is 0. The Labute approximate surface area is 247 Å². The van der Waals surface area contributed by atoms with Gasteiger partial charge < -0.3 is 18.4 Å². The number of hydrogen-bond acceptors (Lipinski definition) is 7. The van der Waals surface area contributed by atoms with E-state index in [1.807, 2.05) is 40.7 Å². The van der Waals surface area contributed by atoms with Crippen molar-refractivity contribution in [3.8, 4) is 5.88 Å². The Bertz CT molecular complexity index is 1360. The van der Waals surface area contributed by atoms with E-state index in [9.17, 15) is 9.00 Å². The Morgan fingerprint density at radius 1 is 1.02 bits per heavy atom. The minimum atomic E-state index is -1.85. The molecule has 2 aromatic rings. The largest absolute Gasteiger partial charge is 0.376 e. The molecule has 8 nitrogen and oxygen atoms in total.